The van der Waals surface area contributed by atoms with Crippen molar-refractivity contribution in [3.8, 4) is 6.07 Å². The molecule has 1 saturated carbocycles. The predicted molar refractivity (Wildman–Crippen MR) is 71.9 cm³/mol. The van der Waals surface area contributed by atoms with E-state index in [4.69, 9.17) is 0 Å². The summed E-state index contributed by atoms with van der Waals surface area (Å²) in [5.74, 6) is -0.0173. The minimum atomic E-state index is -0.775. The van der Waals surface area contributed by atoms with Gasteiger partial charge in [-0.05, 0) is 12.8 Å². The third kappa shape index (κ3) is 3.26. The third-order valence-electron chi connectivity index (χ3n) is 3.32. The van der Waals surface area contributed by atoms with Crippen LogP contribution in [0.25, 0.3) is 0 Å². The molecule has 1 aromatic heterocycles. The molecule has 0 amide bonds. The van der Waals surface area contributed by atoms with Gasteiger partial charge in [0.05, 0.1) is 12.0 Å². The molecule has 0 spiro atoms. The highest BCUT2D eigenvalue weighted by molar-refractivity contribution is 7.99. The number of aromatic amines is 1. The van der Waals surface area contributed by atoms with Gasteiger partial charge in [0.1, 0.15) is 0 Å². The van der Waals surface area contributed by atoms with Crippen molar-refractivity contribution in [3.05, 3.63) is 20.7 Å². The number of nitrogens with zero attached hydrogens (tertiary/aromatic N) is 3. The van der Waals surface area contributed by atoms with Crippen molar-refractivity contribution in [2.75, 3.05) is 0 Å². The smallest absolute Gasteiger partial charge is 0.265 e. The maximum absolute atomic E-state index is 11.3. The zero-order chi connectivity index (χ0) is 13.8. The van der Waals surface area contributed by atoms with E-state index in [9.17, 15) is 14.9 Å². The number of aryl methyl sites for hydroxylation is 1. The second-order valence-corrected chi connectivity index (χ2v) is 5.94. The Labute approximate surface area is 114 Å². The Bertz CT molecular complexity index is 601. The van der Waals surface area contributed by atoms with E-state index in [-0.39, 0.29) is 11.2 Å². The summed E-state index contributed by atoms with van der Waals surface area (Å²) in [5, 5.41) is 12.3. The first-order valence-corrected chi connectivity index (χ1v) is 7.23. The van der Waals surface area contributed by atoms with Crippen LogP contribution in [0.15, 0.2) is 14.7 Å². The minimum Gasteiger partial charge on any atom is -0.265 e. The molecule has 2 atom stereocenters. The number of rotatable bonds is 2. The van der Waals surface area contributed by atoms with Crippen LogP contribution in [0.5, 0.6) is 0 Å². The number of hydrogen-bond donors (Lipinski definition) is 1. The van der Waals surface area contributed by atoms with Crippen LogP contribution in [-0.2, 0) is 7.05 Å². The molecule has 2 rings (SSSR count). The standard InChI is InChI=1S/C12H16N4O2S/c1-16-12(14-10(17)11(18)15-16)19-9-6-4-2-3-5-8(9)7-13/h8-9H,2-6H2,1H3,(H,15,18). The maximum atomic E-state index is 11.3. The molecule has 1 aromatic rings. The Balaban J connectivity index is 2.24. The quantitative estimate of drug-likeness (QED) is 0.645. The van der Waals surface area contributed by atoms with Gasteiger partial charge in [0, 0.05) is 12.3 Å². The average molecular weight is 280 g/mol. The number of aromatic nitrogens is 3. The molecule has 0 aromatic carbocycles. The summed E-state index contributed by atoms with van der Waals surface area (Å²) in [4.78, 5) is 26.2. The van der Waals surface area contributed by atoms with Gasteiger partial charge < -0.3 is 0 Å². The van der Waals surface area contributed by atoms with Crippen LogP contribution < -0.4 is 11.1 Å². The lowest BCUT2D eigenvalue weighted by molar-refractivity contribution is 0.567. The van der Waals surface area contributed by atoms with Crippen LogP contribution in [0.3, 0.4) is 0 Å². The van der Waals surface area contributed by atoms with E-state index >= 15 is 0 Å². The van der Waals surface area contributed by atoms with Gasteiger partial charge in [-0.1, -0.05) is 31.0 Å². The summed E-state index contributed by atoms with van der Waals surface area (Å²) in [6, 6.07) is 2.35. The Morgan fingerprint density at radius 3 is 2.84 bits per heavy atom. The zero-order valence-electron chi connectivity index (χ0n) is 10.8. The molecular weight excluding hydrogens is 264 g/mol. The van der Waals surface area contributed by atoms with Gasteiger partial charge in [-0.3, -0.25) is 19.4 Å². The molecule has 1 aliphatic carbocycles. The fourth-order valence-electron chi connectivity index (χ4n) is 2.26. The van der Waals surface area contributed by atoms with Gasteiger partial charge in [-0.2, -0.15) is 10.2 Å². The lowest BCUT2D eigenvalue weighted by Crippen LogP contribution is -2.34. The van der Waals surface area contributed by atoms with Gasteiger partial charge in [0.2, 0.25) is 0 Å². The van der Waals surface area contributed by atoms with Crippen molar-refractivity contribution in [3.63, 3.8) is 0 Å². The Morgan fingerprint density at radius 1 is 1.37 bits per heavy atom. The van der Waals surface area contributed by atoms with Crippen molar-refractivity contribution in [1.29, 1.82) is 5.26 Å². The summed E-state index contributed by atoms with van der Waals surface area (Å²) < 4.78 is 1.45. The van der Waals surface area contributed by atoms with E-state index in [1.54, 1.807) is 7.05 Å². The number of H-pyrrole nitrogens is 1. The molecule has 0 saturated heterocycles. The van der Waals surface area contributed by atoms with Crippen molar-refractivity contribution in [1.82, 2.24) is 14.8 Å². The number of hydrogen-bond acceptors (Lipinski definition) is 5. The molecule has 0 bridgehead atoms. The zero-order valence-corrected chi connectivity index (χ0v) is 11.6. The first-order chi connectivity index (χ1) is 9.11. The lowest BCUT2D eigenvalue weighted by atomic mass is 10.0. The summed E-state index contributed by atoms with van der Waals surface area (Å²) in [6.45, 7) is 0. The molecule has 0 radical (unpaired) electrons. The van der Waals surface area contributed by atoms with Crippen molar-refractivity contribution in [2.45, 2.75) is 42.5 Å². The molecule has 6 nitrogen and oxygen atoms in total. The fraction of sp³-hybridized carbons (Fsp3) is 0.667. The van der Waals surface area contributed by atoms with Gasteiger partial charge in [0.25, 0.3) is 0 Å². The lowest BCUT2D eigenvalue weighted by Gasteiger charge is -2.18. The van der Waals surface area contributed by atoms with Gasteiger partial charge in [-0.15, -0.1) is 0 Å². The fourth-order valence-corrected chi connectivity index (χ4v) is 3.52. The van der Waals surface area contributed by atoms with Crippen molar-refractivity contribution < 1.29 is 0 Å². The van der Waals surface area contributed by atoms with Crippen LogP contribution in [0, 0.1) is 17.2 Å². The monoisotopic (exact) mass is 280 g/mol. The molecule has 1 heterocycles. The predicted octanol–water partition coefficient (Wildman–Crippen LogP) is 1.03. The molecule has 1 fully saturated rings. The van der Waals surface area contributed by atoms with Gasteiger partial charge in [0.15, 0.2) is 5.16 Å². The minimum absolute atomic E-state index is 0.0173. The molecule has 19 heavy (non-hydrogen) atoms. The molecule has 7 heteroatoms. The average Bonchev–Trinajstić information content (AvgIpc) is 2.61. The van der Waals surface area contributed by atoms with E-state index in [2.05, 4.69) is 16.2 Å². The number of nitrogens with one attached hydrogen (secondary N) is 1. The third-order valence-corrected chi connectivity index (χ3v) is 4.77. The van der Waals surface area contributed by atoms with E-state index in [0.29, 0.717) is 5.16 Å². The Morgan fingerprint density at radius 2 is 2.11 bits per heavy atom. The first kappa shape index (κ1) is 13.9. The van der Waals surface area contributed by atoms with Crippen LogP contribution >= 0.6 is 11.8 Å². The second-order valence-electron chi connectivity index (χ2n) is 4.73. The molecule has 0 aliphatic heterocycles. The summed E-state index contributed by atoms with van der Waals surface area (Å²) in [5.41, 5.74) is -1.49. The second kappa shape index (κ2) is 6.06. The summed E-state index contributed by atoms with van der Waals surface area (Å²) in [7, 11) is 1.65. The van der Waals surface area contributed by atoms with Gasteiger partial charge in [-0.25, -0.2) is 0 Å². The van der Waals surface area contributed by atoms with Crippen LogP contribution in [0.4, 0.5) is 0 Å². The summed E-state index contributed by atoms with van der Waals surface area (Å²) >= 11 is 1.42. The highest BCUT2D eigenvalue weighted by atomic mass is 32.2. The molecule has 102 valence electrons. The van der Waals surface area contributed by atoms with Crippen LogP contribution in [0.1, 0.15) is 32.1 Å². The van der Waals surface area contributed by atoms with E-state index in [0.717, 1.165) is 32.1 Å². The highest BCUT2D eigenvalue weighted by Crippen LogP contribution is 2.34. The first-order valence-electron chi connectivity index (χ1n) is 6.35. The maximum Gasteiger partial charge on any atom is 0.339 e. The Kier molecular flexibility index (Phi) is 4.43. The normalized spacial score (nSPS) is 23.6. The van der Waals surface area contributed by atoms with Gasteiger partial charge >= 0.3 is 11.1 Å². The van der Waals surface area contributed by atoms with Crippen LogP contribution in [0.2, 0.25) is 0 Å². The molecule has 2 unspecified atom stereocenters. The van der Waals surface area contributed by atoms with Crippen molar-refractivity contribution >= 4 is 11.8 Å². The molecule has 1 aliphatic rings. The highest BCUT2D eigenvalue weighted by Gasteiger charge is 2.25. The van der Waals surface area contributed by atoms with E-state index in [1.807, 2.05) is 0 Å². The Hall–Kier alpha value is -1.55. The van der Waals surface area contributed by atoms with Crippen molar-refractivity contribution in [2.24, 2.45) is 13.0 Å². The molecular formula is C12H16N4O2S. The number of thioether (sulfide) groups is 1. The van der Waals surface area contributed by atoms with Crippen LogP contribution in [-0.4, -0.2) is 20.0 Å². The number of nitriles is 1. The largest absolute Gasteiger partial charge is 0.339 e. The van der Waals surface area contributed by atoms with E-state index < -0.39 is 11.1 Å². The SMILES string of the molecule is Cn1[nH]c(=O)c(=O)nc1SC1CCCCCC1C#N. The summed E-state index contributed by atoms with van der Waals surface area (Å²) in [6.07, 6.45) is 5.15. The molecule has 1 N–H and O–H groups in total. The topological polar surface area (TPSA) is 91.5 Å². The van der Waals surface area contributed by atoms with E-state index in [1.165, 1.54) is 16.4 Å².